The number of piperidine rings is 1. The number of hydrogen-bond donors (Lipinski definition) is 0. The molecule has 2 saturated heterocycles. The van der Waals surface area contributed by atoms with Gasteiger partial charge in [-0.25, -0.2) is 0 Å². The number of carbonyl (C=O) groups is 1. The van der Waals surface area contributed by atoms with Crippen molar-refractivity contribution in [2.75, 3.05) is 0 Å². The van der Waals surface area contributed by atoms with Crippen LogP contribution in [0.5, 0.6) is 0 Å². The highest BCUT2D eigenvalue weighted by Gasteiger charge is 2.43. The Morgan fingerprint density at radius 3 is 2.67 bits per heavy atom. The summed E-state index contributed by atoms with van der Waals surface area (Å²) < 4.78 is 0. The second-order valence-corrected chi connectivity index (χ2v) is 6.63. The second kappa shape index (κ2) is 4.65. The van der Waals surface area contributed by atoms with E-state index in [1.165, 1.54) is 0 Å². The minimum atomic E-state index is 0.125. The van der Waals surface area contributed by atoms with Crippen molar-refractivity contribution in [2.45, 2.75) is 49.5 Å². The number of nitrogens with zero attached hydrogens (tertiary/aromatic N) is 2. The third-order valence-electron chi connectivity index (χ3n) is 4.12. The maximum absolute atomic E-state index is 12.6. The normalized spacial score (nSPS) is 30.6. The molecule has 0 saturated carbocycles. The van der Waals surface area contributed by atoms with Gasteiger partial charge in [0.15, 0.2) is 0 Å². The first-order valence-electron chi connectivity index (χ1n) is 6.55. The fourth-order valence-electron chi connectivity index (χ4n) is 3.27. The van der Waals surface area contributed by atoms with E-state index >= 15 is 0 Å². The van der Waals surface area contributed by atoms with Crippen LogP contribution in [-0.2, 0) is 0 Å². The lowest BCUT2D eigenvalue weighted by Crippen LogP contribution is -2.47. The number of pyridine rings is 1. The van der Waals surface area contributed by atoms with Crippen LogP contribution < -0.4 is 0 Å². The molecule has 4 heteroatoms. The fourth-order valence-corrected chi connectivity index (χ4v) is 4.14. The molecule has 3 heterocycles. The molecule has 2 fully saturated rings. The first-order valence-corrected chi connectivity index (χ1v) is 7.46. The van der Waals surface area contributed by atoms with Gasteiger partial charge in [0, 0.05) is 23.1 Å². The Kier molecular flexibility index (Phi) is 3.14. The van der Waals surface area contributed by atoms with E-state index in [0.717, 1.165) is 31.2 Å². The number of aryl methyl sites for hydroxylation is 1. The maximum Gasteiger partial charge on any atom is 0.273 e. The third kappa shape index (κ3) is 1.96. The predicted molar refractivity (Wildman–Crippen MR) is 73.9 cm³/mol. The highest BCUT2D eigenvalue weighted by molar-refractivity contribution is 9.09. The van der Waals surface area contributed by atoms with E-state index in [-0.39, 0.29) is 5.91 Å². The second-order valence-electron chi connectivity index (χ2n) is 5.34. The number of carbonyl (C=O) groups excluding carboxylic acids is 1. The van der Waals surface area contributed by atoms with Crippen LogP contribution in [-0.4, -0.2) is 32.7 Å². The lowest BCUT2D eigenvalue weighted by atomic mass is 10.0. The molecule has 18 heavy (non-hydrogen) atoms. The van der Waals surface area contributed by atoms with E-state index < -0.39 is 0 Å². The summed E-state index contributed by atoms with van der Waals surface area (Å²) >= 11 is 3.70. The number of alkyl halides is 1. The zero-order valence-corrected chi connectivity index (χ0v) is 12.1. The number of rotatable bonds is 1. The van der Waals surface area contributed by atoms with E-state index in [2.05, 4.69) is 25.8 Å². The summed E-state index contributed by atoms with van der Waals surface area (Å²) in [6, 6.07) is 4.65. The summed E-state index contributed by atoms with van der Waals surface area (Å²) in [6.45, 7) is 1.96. The molecular formula is C14H17BrN2O. The molecule has 1 aromatic heterocycles. The van der Waals surface area contributed by atoms with Crippen molar-refractivity contribution < 1.29 is 4.79 Å². The quantitative estimate of drug-likeness (QED) is 0.747. The van der Waals surface area contributed by atoms with E-state index in [1.807, 2.05) is 19.1 Å². The van der Waals surface area contributed by atoms with Crippen molar-refractivity contribution in [3.8, 4) is 0 Å². The van der Waals surface area contributed by atoms with Crippen molar-refractivity contribution in [3.05, 3.63) is 29.6 Å². The van der Waals surface area contributed by atoms with Crippen molar-refractivity contribution in [3.63, 3.8) is 0 Å². The van der Waals surface area contributed by atoms with Gasteiger partial charge in [0.1, 0.15) is 5.69 Å². The SMILES string of the molecule is Cc1cccnc1C(=O)N1C2CCC1CC(Br)C2. The first kappa shape index (κ1) is 12.2. The lowest BCUT2D eigenvalue weighted by molar-refractivity contribution is 0.0596. The van der Waals surface area contributed by atoms with Gasteiger partial charge in [-0.3, -0.25) is 9.78 Å². The Labute approximate surface area is 116 Å². The Balaban J connectivity index is 1.88. The highest BCUT2D eigenvalue weighted by Crippen LogP contribution is 2.39. The van der Waals surface area contributed by atoms with Crippen LogP contribution in [0.3, 0.4) is 0 Å². The van der Waals surface area contributed by atoms with Crippen LogP contribution in [0.15, 0.2) is 18.3 Å². The van der Waals surface area contributed by atoms with Crippen LogP contribution >= 0.6 is 15.9 Å². The molecule has 2 aliphatic heterocycles. The molecule has 1 aromatic rings. The van der Waals surface area contributed by atoms with Gasteiger partial charge < -0.3 is 4.90 Å². The summed E-state index contributed by atoms with van der Waals surface area (Å²) in [7, 11) is 0. The van der Waals surface area contributed by atoms with Gasteiger partial charge in [-0.05, 0) is 44.2 Å². The van der Waals surface area contributed by atoms with Gasteiger partial charge in [0.05, 0.1) is 0 Å². The molecule has 0 aromatic carbocycles. The molecule has 1 amide bonds. The summed E-state index contributed by atoms with van der Waals surface area (Å²) in [4.78, 5) is 19.6. The van der Waals surface area contributed by atoms with E-state index in [0.29, 0.717) is 22.6 Å². The van der Waals surface area contributed by atoms with Crippen molar-refractivity contribution >= 4 is 21.8 Å². The molecule has 2 atom stereocenters. The molecule has 2 unspecified atom stereocenters. The van der Waals surface area contributed by atoms with E-state index in [4.69, 9.17) is 0 Å². The number of aromatic nitrogens is 1. The minimum absolute atomic E-state index is 0.125. The standard InChI is InChI=1S/C14H17BrN2O/c1-9-3-2-6-16-13(9)14(18)17-11-4-5-12(17)8-10(15)7-11/h2-3,6,10-12H,4-5,7-8H2,1H3. The maximum atomic E-state index is 12.6. The van der Waals surface area contributed by atoms with Gasteiger partial charge in [0.2, 0.25) is 0 Å². The zero-order valence-electron chi connectivity index (χ0n) is 10.5. The molecule has 0 aliphatic carbocycles. The average molecular weight is 309 g/mol. The lowest BCUT2D eigenvalue weighted by Gasteiger charge is -2.37. The van der Waals surface area contributed by atoms with Crippen LogP contribution in [0, 0.1) is 6.92 Å². The number of hydrogen-bond acceptors (Lipinski definition) is 2. The highest BCUT2D eigenvalue weighted by atomic mass is 79.9. The first-order chi connectivity index (χ1) is 8.66. The van der Waals surface area contributed by atoms with Crippen molar-refractivity contribution in [2.24, 2.45) is 0 Å². The van der Waals surface area contributed by atoms with Crippen LogP contribution in [0.25, 0.3) is 0 Å². The number of amides is 1. The smallest absolute Gasteiger partial charge is 0.273 e. The Hall–Kier alpha value is -0.900. The number of fused-ring (bicyclic) bond motifs is 2. The Bertz CT molecular complexity index is 463. The van der Waals surface area contributed by atoms with Gasteiger partial charge in [-0.1, -0.05) is 22.0 Å². The summed E-state index contributed by atoms with van der Waals surface area (Å²) in [6.07, 6.45) is 6.15. The Morgan fingerprint density at radius 2 is 2.06 bits per heavy atom. The molecule has 3 nitrogen and oxygen atoms in total. The molecule has 2 aliphatic rings. The topological polar surface area (TPSA) is 33.2 Å². The average Bonchev–Trinajstić information content (AvgIpc) is 2.61. The molecule has 3 rings (SSSR count). The molecule has 2 bridgehead atoms. The molecule has 0 spiro atoms. The molecule has 96 valence electrons. The Morgan fingerprint density at radius 1 is 1.39 bits per heavy atom. The summed E-state index contributed by atoms with van der Waals surface area (Å²) in [5, 5.41) is 0. The molecule has 0 N–H and O–H groups in total. The largest absolute Gasteiger partial charge is 0.331 e. The monoisotopic (exact) mass is 308 g/mol. The van der Waals surface area contributed by atoms with Gasteiger partial charge in [0.25, 0.3) is 5.91 Å². The van der Waals surface area contributed by atoms with Crippen molar-refractivity contribution in [1.29, 1.82) is 0 Å². The summed E-state index contributed by atoms with van der Waals surface area (Å²) in [5.41, 5.74) is 1.60. The van der Waals surface area contributed by atoms with Crippen LogP contribution in [0.1, 0.15) is 41.7 Å². The van der Waals surface area contributed by atoms with Crippen LogP contribution in [0.4, 0.5) is 0 Å². The van der Waals surface area contributed by atoms with Gasteiger partial charge in [-0.15, -0.1) is 0 Å². The van der Waals surface area contributed by atoms with E-state index in [1.54, 1.807) is 6.20 Å². The number of halogens is 1. The zero-order chi connectivity index (χ0) is 12.7. The summed E-state index contributed by atoms with van der Waals surface area (Å²) in [5.74, 6) is 0.125. The molecular weight excluding hydrogens is 292 g/mol. The third-order valence-corrected chi connectivity index (χ3v) is 4.87. The fraction of sp³-hybridized carbons (Fsp3) is 0.571. The van der Waals surface area contributed by atoms with E-state index in [9.17, 15) is 4.79 Å². The molecule has 0 radical (unpaired) electrons. The van der Waals surface area contributed by atoms with Crippen LogP contribution in [0.2, 0.25) is 0 Å². The van der Waals surface area contributed by atoms with Gasteiger partial charge in [-0.2, -0.15) is 0 Å². The van der Waals surface area contributed by atoms with Crippen molar-refractivity contribution in [1.82, 2.24) is 9.88 Å². The minimum Gasteiger partial charge on any atom is -0.331 e. The predicted octanol–water partition coefficient (Wildman–Crippen LogP) is 2.92. The van der Waals surface area contributed by atoms with Gasteiger partial charge >= 0.3 is 0 Å².